The van der Waals surface area contributed by atoms with Gasteiger partial charge >= 0.3 is 0 Å². The first-order valence-corrected chi connectivity index (χ1v) is 4.20. The van der Waals surface area contributed by atoms with Crippen molar-refractivity contribution < 1.29 is 9.53 Å². The fourth-order valence-electron chi connectivity index (χ4n) is 0.532. The van der Waals surface area contributed by atoms with Crippen LogP contribution in [0.25, 0.3) is 0 Å². The minimum Gasteiger partial charge on any atom is -0.370 e. The molecule has 0 aromatic carbocycles. The topological polar surface area (TPSA) is 26.3 Å². The summed E-state index contributed by atoms with van der Waals surface area (Å²) >= 11 is 0. The molecule has 2 nitrogen and oxygen atoms in total. The number of carbonyl (C=O) groups is 1. The molecule has 0 unspecified atom stereocenters. The summed E-state index contributed by atoms with van der Waals surface area (Å²) in [6.07, 6.45) is 3.79. The standard InChI is InChI=1S/C10H18O2/c1-5-6-7-12-8-9(11)10(2,3)4/h5-6H,7-8H2,1-4H3. The predicted molar refractivity (Wildman–Crippen MR) is 50.1 cm³/mol. The molecule has 2 heteroatoms. The second-order valence-corrected chi connectivity index (χ2v) is 3.76. The summed E-state index contributed by atoms with van der Waals surface area (Å²) in [5, 5.41) is 0. The zero-order valence-electron chi connectivity index (χ0n) is 8.39. The lowest BCUT2D eigenvalue weighted by molar-refractivity contribution is -0.130. The molecule has 0 saturated heterocycles. The average Bonchev–Trinajstić information content (AvgIpc) is 1.96. The van der Waals surface area contributed by atoms with Crippen molar-refractivity contribution in [2.75, 3.05) is 13.2 Å². The summed E-state index contributed by atoms with van der Waals surface area (Å²) in [6.45, 7) is 8.36. The minimum absolute atomic E-state index is 0.145. The molecule has 0 bridgehead atoms. The lowest BCUT2D eigenvalue weighted by atomic mass is 9.91. The Morgan fingerprint density at radius 1 is 1.42 bits per heavy atom. The van der Waals surface area contributed by atoms with Gasteiger partial charge in [-0.2, -0.15) is 0 Å². The van der Waals surface area contributed by atoms with Crippen LogP contribution in [0.4, 0.5) is 0 Å². The second-order valence-electron chi connectivity index (χ2n) is 3.76. The predicted octanol–water partition coefficient (Wildman–Crippen LogP) is 2.19. The SMILES string of the molecule is CC=CCOCC(=O)C(C)(C)C. The highest BCUT2D eigenvalue weighted by Gasteiger charge is 2.20. The molecule has 0 aromatic rings. The lowest BCUT2D eigenvalue weighted by Crippen LogP contribution is -2.24. The van der Waals surface area contributed by atoms with Crippen LogP contribution in [0.2, 0.25) is 0 Å². The summed E-state index contributed by atoms with van der Waals surface area (Å²) < 4.78 is 5.13. The maximum absolute atomic E-state index is 11.3. The number of rotatable bonds is 4. The summed E-state index contributed by atoms with van der Waals surface area (Å²) in [5.74, 6) is 0.145. The lowest BCUT2D eigenvalue weighted by Gasteiger charge is -2.15. The van der Waals surface area contributed by atoms with Gasteiger partial charge in [-0.05, 0) is 6.92 Å². The van der Waals surface area contributed by atoms with Crippen molar-refractivity contribution in [3.05, 3.63) is 12.2 Å². The molecule has 0 N–H and O–H groups in total. The highest BCUT2D eigenvalue weighted by molar-refractivity contribution is 5.84. The molecular weight excluding hydrogens is 152 g/mol. The second kappa shape index (κ2) is 5.09. The first-order valence-electron chi connectivity index (χ1n) is 4.20. The van der Waals surface area contributed by atoms with E-state index < -0.39 is 0 Å². The Morgan fingerprint density at radius 2 is 2.00 bits per heavy atom. The Labute approximate surface area is 74.6 Å². The maximum Gasteiger partial charge on any atom is 0.163 e. The fourth-order valence-corrected chi connectivity index (χ4v) is 0.532. The van der Waals surface area contributed by atoms with Crippen molar-refractivity contribution in [1.82, 2.24) is 0 Å². The number of ketones is 1. The van der Waals surface area contributed by atoms with Gasteiger partial charge in [-0.15, -0.1) is 0 Å². The van der Waals surface area contributed by atoms with Crippen LogP contribution in [0.1, 0.15) is 27.7 Å². The first kappa shape index (κ1) is 11.4. The van der Waals surface area contributed by atoms with E-state index in [4.69, 9.17) is 4.74 Å². The third-order valence-electron chi connectivity index (χ3n) is 1.52. The van der Waals surface area contributed by atoms with Crippen molar-refractivity contribution in [2.45, 2.75) is 27.7 Å². The smallest absolute Gasteiger partial charge is 0.163 e. The molecule has 0 aliphatic rings. The van der Waals surface area contributed by atoms with Crippen LogP contribution in [-0.2, 0) is 9.53 Å². The maximum atomic E-state index is 11.3. The average molecular weight is 170 g/mol. The zero-order valence-corrected chi connectivity index (χ0v) is 8.39. The number of allylic oxidation sites excluding steroid dienone is 1. The monoisotopic (exact) mass is 170 g/mol. The van der Waals surface area contributed by atoms with E-state index in [0.717, 1.165) is 0 Å². The van der Waals surface area contributed by atoms with Gasteiger partial charge in [0.1, 0.15) is 6.61 Å². The minimum atomic E-state index is -0.282. The summed E-state index contributed by atoms with van der Waals surface area (Å²) in [7, 11) is 0. The number of hydrogen-bond donors (Lipinski definition) is 0. The van der Waals surface area contributed by atoms with Crippen LogP contribution in [0.15, 0.2) is 12.2 Å². The zero-order chi connectivity index (χ0) is 9.61. The van der Waals surface area contributed by atoms with Gasteiger partial charge in [0.15, 0.2) is 5.78 Å². The Balaban J connectivity index is 3.59. The highest BCUT2D eigenvalue weighted by atomic mass is 16.5. The van der Waals surface area contributed by atoms with Gasteiger partial charge in [0.25, 0.3) is 0 Å². The van der Waals surface area contributed by atoms with E-state index in [2.05, 4.69) is 0 Å². The van der Waals surface area contributed by atoms with Crippen molar-refractivity contribution >= 4 is 5.78 Å². The van der Waals surface area contributed by atoms with Gasteiger partial charge in [-0.3, -0.25) is 4.79 Å². The molecule has 0 aliphatic carbocycles. The van der Waals surface area contributed by atoms with Crippen molar-refractivity contribution in [1.29, 1.82) is 0 Å². The highest BCUT2D eigenvalue weighted by Crippen LogP contribution is 2.14. The number of Topliss-reactive ketones (excluding diaryl/α,β-unsaturated/α-hetero) is 1. The molecule has 0 heterocycles. The molecule has 0 fully saturated rings. The molecular formula is C10H18O2. The van der Waals surface area contributed by atoms with Crippen molar-refractivity contribution in [2.24, 2.45) is 5.41 Å². The van der Waals surface area contributed by atoms with E-state index in [0.29, 0.717) is 6.61 Å². The van der Waals surface area contributed by atoms with E-state index in [1.807, 2.05) is 39.8 Å². The van der Waals surface area contributed by atoms with Crippen LogP contribution in [0.3, 0.4) is 0 Å². The largest absolute Gasteiger partial charge is 0.370 e. The Hall–Kier alpha value is -0.630. The summed E-state index contributed by atoms with van der Waals surface area (Å²) in [5.41, 5.74) is -0.282. The molecule has 12 heavy (non-hydrogen) atoms. The van der Waals surface area contributed by atoms with Crippen molar-refractivity contribution in [3.63, 3.8) is 0 Å². The van der Waals surface area contributed by atoms with E-state index in [1.165, 1.54) is 0 Å². The molecule has 0 atom stereocenters. The molecule has 0 radical (unpaired) electrons. The molecule has 0 aromatic heterocycles. The molecule has 0 amide bonds. The van der Waals surface area contributed by atoms with Crippen LogP contribution in [0, 0.1) is 5.41 Å². The van der Waals surface area contributed by atoms with Gasteiger partial charge in [0, 0.05) is 5.41 Å². The van der Waals surface area contributed by atoms with E-state index in [9.17, 15) is 4.79 Å². The van der Waals surface area contributed by atoms with E-state index >= 15 is 0 Å². The Bertz CT molecular complexity index is 163. The van der Waals surface area contributed by atoms with Crippen molar-refractivity contribution in [3.8, 4) is 0 Å². The van der Waals surface area contributed by atoms with Gasteiger partial charge in [0.2, 0.25) is 0 Å². The van der Waals surface area contributed by atoms with E-state index in [-0.39, 0.29) is 17.8 Å². The normalized spacial score (nSPS) is 12.3. The molecule has 0 spiro atoms. The van der Waals surface area contributed by atoms with Crippen LogP contribution >= 0.6 is 0 Å². The number of ether oxygens (including phenoxy) is 1. The van der Waals surface area contributed by atoms with Gasteiger partial charge in [-0.25, -0.2) is 0 Å². The fraction of sp³-hybridized carbons (Fsp3) is 0.700. The molecule has 0 saturated carbocycles. The first-order chi connectivity index (χ1) is 5.48. The van der Waals surface area contributed by atoms with Crippen LogP contribution < -0.4 is 0 Å². The third-order valence-corrected chi connectivity index (χ3v) is 1.52. The van der Waals surface area contributed by atoms with E-state index in [1.54, 1.807) is 0 Å². The van der Waals surface area contributed by atoms with Gasteiger partial charge in [0.05, 0.1) is 6.61 Å². The van der Waals surface area contributed by atoms with Gasteiger partial charge < -0.3 is 4.74 Å². The number of carbonyl (C=O) groups excluding carboxylic acids is 1. The third kappa shape index (κ3) is 5.08. The molecule has 0 rings (SSSR count). The Kier molecular flexibility index (Phi) is 4.83. The van der Waals surface area contributed by atoms with Crippen LogP contribution in [-0.4, -0.2) is 19.0 Å². The van der Waals surface area contributed by atoms with Crippen LogP contribution in [0.5, 0.6) is 0 Å². The number of hydrogen-bond acceptors (Lipinski definition) is 2. The quantitative estimate of drug-likeness (QED) is 0.477. The molecule has 0 aliphatic heterocycles. The Morgan fingerprint density at radius 3 is 2.42 bits per heavy atom. The summed E-state index contributed by atoms with van der Waals surface area (Å²) in [4.78, 5) is 11.3. The molecule has 70 valence electrons. The summed E-state index contributed by atoms with van der Waals surface area (Å²) in [6, 6.07) is 0. The van der Waals surface area contributed by atoms with Gasteiger partial charge in [-0.1, -0.05) is 32.9 Å².